The minimum Gasteiger partial charge on any atom is -0.444 e. The Morgan fingerprint density at radius 1 is 1.30 bits per heavy atom. The standard InChI is InChI=1S/C16H26F3N5O2S/c1-15(2,3)26-14(25)24(5)9-8-22-13(20-4)21-7-6-12-23-11(10-27-12)16(17,18)19/h10H,6-9H2,1-5H3,(H2,20,21,22). The molecule has 1 rings (SSSR count). The maximum atomic E-state index is 12.5. The second-order valence-electron chi connectivity index (χ2n) is 6.70. The molecule has 27 heavy (non-hydrogen) atoms. The van der Waals surface area contributed by atoms with Crippen LogP contribution < -0.4 is 10.6 Å². The van der Waals surface area contributed by atoms with E-state index in [2.05, 4.69) is 20.6 Å². The molecule has 0 bridgehead atoms. The van der Waals surface area contributed by atoms with Gasteiger partial charge in [0.05, 0.1) is 5.01 Å². The molecule has 0 aliphatic rings. The molecular formula is C16H26F3N5O2S. The van der Waals surface area contributed by atoms with E-state index >= 15 is 0 Å². The number of thiazole rings is 1. The summed E-state index contributed by atoms with van der Waals surface area (Å²) in [6.45, 7) is 6.60. The van der Waals surface area contributed by atoms with Crippen LogP contribution in [0.2, 0.25) is 0 Å². The van der Waals surface area contributed by atoms with E-state index in [-0.39, 0.29) is 0 Å². The van der Waals surface area contributed by atoms with Gasteiger partial charge in [-0.1, -0.05) is 0 Å². The van der Waals surface area contributed by atoms with Crippen molar-refractivity contribution in [1.82, 2.24) is 20.5 Å². The molecule has 11 heteroatoms. The van der Waals surface area contributed by atoms with Crippen molar-refractivity contribution in [1.29, 1.82) is 0 Å². The van der Waals surface area contributed by atoms with Gasteiger partial charge >= 0.3 is 12.3 Å². The number of rotatable bonds is 6. The quantitative estimate of drug-likeness (QED) is 0.558. The zero-order chi connectivity index (χ0) is 20.7. The van der Waals surface area contributed by atoms with Gasteiger partial charge in [0, 0.05) is 45.5 Å². The number of carbonyl (C=O) groups is 1. The van der Waals surface area contributed by atoms with Crippen molar-refractivity contribution < 1.29 is 22.7 Å². The predicted octanol–water partition coefficient (Wildman–Crippen LogP) is 2.74. The number of guanidine groups is 1. The minimum atomic E-state index is -4.42. The fraction of sp³-hybridized carbons (Fsp3) is 0.688. The molecule has 0 aliphatic carbocycles. The van der Waals surface area contributed by atoms with E-state index in [4.69, 9.17) is 4.74 Å². The van der Waals surface area contributed by atoms with Crippen LogP contribution in [0, 0.1) is 0 Å². The number of aliphatic imine (C=N–C) groups is 1. The van der Waals surface area contributed by atoms with Crippen molar-refractivity contribution in [2.75, 3.05) is 33.7 Å². The van der Waals surface area contributed by atoms with Crippen molar-refractivity contribution in [3.63, 3.8) is 0 Å². The Morgan fingerprint density at radius 3 is 2.44 bits per heavy atom. The van der Waals surface area contributed by atoms with E-state index in [1.807, 2.05) is 0 Å². The molecule has 0 spiro atoms. The van der Waals surface area contributed by atoms with E-state index < -0.39 is 23.6 Å². The lowest BCUT2D eigenvalue weighted by Crippen LogP contribution is -2.43. The van der Waals surface area contributed by atoms with Gasteiger partial charge in [0.1, 0.15) is 5.60 Å². The van der Waals surface area contributed by atoms with Gasteiger partial charge in [-0.15, -0.1) is 11.3 Å². The molecule has 0 unspecified atom stereocenters. The van der Waals surface area contributed by atoms with Gasteiger partial charge in [0.15, 0.2) is 11.7 Å². The molecule has 0 fully saturated rings. The van der Waals surface area contributed by atoms with E-state index in [0.29, 0.717) is 37.0 Å². The summed E-state index contributed by atoms with van der Waals surface area (Å²) in [5.74, 6) is 0.486. The molecule has 0 aromatic carbocycles. The van der Waals surface area contributed by atoms with Crippen molar-refractivity contribution in [3.8, 4) is 0 Å². The number of nitrogens with one attached hydrogen (secondary N) is 2. The lowest BCUT2D eigenvalue weighted by molar-refractivity contribution is -0.140. The van der Waals surface area contributed by atoms with Gasteiger partial charge in [0.2, 0.25) is 0 Å². The average molecular weight is 409 g/mol. The summed E-state index contributed by atoms with van der Waals surface area (Å²) in [6.07, 6.45) is -4.49. The summed E-state index contributed by atoms with van der Waals surface area (Å²) in [5, 5.41) is 7.43. The molecule has 0 saturated heterocycles. The molecule has 2 N–H and O–H groups in total. The predicted molar refractivity (Wildman–Crippen MR) is 99.0 cm³/mol. The molecule has 1 aromatic rings. The van der Waals surface area contributed by atoms with Crippen molar-refractivity contribution >= 4 is 23.4 Å². The summed E-state index contributed by atoms with van der Waals surface area (Å²) >= 11 is 0.976. The highest BCUT2D eigenvalue weighted by atomic mass is 32.1. The summed E-state index contributed by atoms with van der Waals surface area (Å²) in [5.41, 5.74) is -1.42. The van der Waals surface area contributed by atoms with E-state index in [1.54, 1.807) is 34.9 Å². The van der Waals surface area contributed by atoms with Crippen LogP contribution in [0.1, 0.15) is 31.5 Å². The molecule has 0 radical (unpaired) electrons. The smallest absolute Gasteiger partial charge is 0.434 e. The summed E-state index contributed by atoms with van der Waals surface area (Å²) in [4.78, 5) is 20.9. The van der Waals surface area contributed by atoms with E-state index in [1.165, 1.54) is 4.90 Å². The molecule has 1 heterocycles. The average Bonchev–Trinajstić information content (AvgIpc) is 3.00. The molecule has 0 atom stereocenters. The van der Waals surface area contributed by atoms with Crippen LogP contribution in [0.25, 0.3) is 0 Å². The highest BCUT2D eigenvalue weighted by Crippen LogP contribution is 2.29. The van der Waals surface area contributed by atoms with Crippen LogP contribution in [0.3, 0.4) is 0 Å². The topological polar surface area (TPSA) is 78.9 Å². The molecule has 7 nitrogen and oxygen atoms in total. The van der Waals surface area contributed by atoms with Crippen LogP contribution in [0.5, 0.6) is 0 Å². The van der Waals surface area contributed by atoms with Crippen LogP contribution >= 0.6 is 11.3 Å². The number of halogens is 3. The number of hydrogen-bond donors (Lipinski definition) is 2. The monoisotopic (exact) mass is 409 g/mol. The molecule has 0 saturated carbocycles. The number of likely N-dealkylation sites (N-methyl/N-ethyl adjacent to an activating group) is 1. The highest BCUT2D eigenvalue weighted by Gasteiger charge is 2.33. The number of amides is 1. The Hall–Kier alpha value is -2.04. The Labute approximate surface area is 161 Å². The molecule has 154 valence electrons. The number of hydrogen-bond acceptors (Lipinski definition) is 5. The van der Waals surface area contributed by atoms with Gasteiger partial charge in [-0.05, 0) is 20.8 Å². The van der Waals surface area contributed by atoms with Gasteiger partial charge in [-0.25, -0.2) is 9.78 Å². The minimum absolute atomic E-state index is 0.346. The highest BCUT2D eigenvalue weighted by molar-refractivity contribution is 7.09. The molecule has 0 aliphatic heterocycles. The first kappa shape index (κ1) is 23.0. The Balaban J connectivity index is 2.33. The fourth-order valence-electron chi connectivity index (χ4n) is 1.84. The van der Waals surface area contributed by atoms with Crippen molar-refractivity contribution in [2.24, 2.45) is 4.99 Å². The van der Waals surface area contributed by atoms with Crippen molar-refractivity contribution in [2.45, 2.75) is 39.0 Å². The second kappa shape index (κ2) is 9.77. The second-order valence-corrected chi connectivity index (χ2v) is 7.64. The van der Waals surface area contributed by atoms with Gasteiger partial charge in [0.25, 0.3) is 0 Å². The maximum Gasteiger partial charge on any atom is 0.434 e. The lowest BCUT2D eigenvalue weighted by Gasteiger charge is -2.24. The largest absolute Gasteiger partial charge is 0.444 e. The van der Waals surface area contributed by atoms with E-state index in [9.17, 15) is 18.0 Å². The zero-order valence-electron chi connectivity index (χ0n) is 16.1. The first-order valence-corrected chi connectivity index (χ1v) is 9.20. The van der Waals surface area contributed by atoms with Gasteiger partial charge in [-0.3, -0.25) is 4.99 Å². The van der Waals surface area contributed by atoms with Crippen LogP contribution in [-0.2, 0) is 17.3 Å². The van der Waals surface area contributed by atoms with Crippen LogP contribution in [-0.4, -0.2) is 61.3 Å². The normalized spacial score (nSPS) is 12.7. The Morgan fingerprint density at radius 2 is 1.93 bits per heavy atom. The number of alkyl halides is 3. The third-order valence-electron chi connectivity index (χ3n) is 3.14. The zero-order valence-corrected chi connectivity index (χ0v) is 16.9. The van der Waals surface area contributed by atoms with Crippen molar-refractivity contribution in [3.05, 3.63) is 16.1 Å². The molecular weight excluding hydrogens is 383 g/mol. The van der Waals surface area contributed by atoms with Gasteiger partial charge < -0.3 is 20.3 Å². The summed E-state index contributed by atoms with van der Waals surface area (Å²) in [6, 6.07) is 0. The first-order valence-electron chi connectivity index (χ1n) is 8.32. The SMILES string of the molecule is CN=C(NCCc1nc(C(F)(F)F)cs1)NCCN(C)C(=O)OC(C)(C)C. The third kappa shape index (κ3) is 8.94. The molecule has 1 aromatic heterocycles. The van der Waals surface area contributed by atoms with Gasteiger partial charge in [-0.2, -0.15) is 13.2 Å². The number of aromatic nitrogens is 1. The maximum absolute atomic E-state index is 12.5. The Kier molecular flexibility index (Phi) is 8.32. The van der Waals surface area contributed by atoms with E-state index in [0.717, 1.165) is 16.7 Å². The third-order valence-corrected chi connectivity index (χ3v) is 4.05. The number of carbonyl (C=O) groups excluding carboxylic acids is 1. The van der Waals surface area contributed by atoms with Crippen LogP contribution in [0.15, 0.2) is 10.4 Å². The first-order chi connectivity index (χ1) is 12.4. The Bertz CT molecular complexity index is 641. The fourth-order valence-corrected chi connectivity index (χ4v) is 2.64. The summed E-state index contributed by atoms with van der Waals surface area (Å²) in [7, 11) is 3.21. The number of ether oxygens (including phenoxy) is 1. The number of nitrogens with zero attached hydrogens (tertiary/aromatic N) is 3. The lowest BCUT2D eigenvalue weighted by atomic mass is 10.2. The van der Waals surface area contributed by atoms with Crippen LogP contribution in [0.4, 0.5) is 18.0 Å². The summed E-state index contributed by atoms with van der Waals surface area (Å²) < 4.78 is 42.8. The molecule has 1 amide bonds.